The molecule has 2 aliphatic heterocycles. The maximum atomic E-state index is 6.18. The molecular weight excluding hydrogens is 298 g/mol. The van der Waals surface area contributed by atoms with Crippen molar-refractivity contribution in [3.63, 3.8) is 0 Å². The van der Waals surface area contributed by atoms with Crippen LogP contribution in [0.5, 0.6) is 0 Å². The first-order valence-corrected chi connectivity index (χ1v) is 6.99. The summed E-state index contributed by atoms with van der Waals surface area (Å²) in [6.07, 6.45) is -0.419. The quantitative estimate of drug-likeness (QED) is 0.858. The highest BCUT2D eigenvalue weighted by atomic mass is 79.9. The second-order valence-electron chi connectivity index (χ2n) is 4.66. The number of hydrogen-bond acceptors (Lipinski definition) is 4. The number of hydrogen-bond donors (Lipinski definition) is 1. The van der Waals surface area contributed by atoms with E-state index in [9.17, 15) is 0 Å². The van der Waals surface area contributed by atoms with Gasteiger partial charge in [-0.1, -0.05) is 46.3 Å². The molecule has 0 aromatic heterocycles. The molecule has 2 saturated heterocycles. The fraction of sp³-hybridized carbons (Fsp3) is 0.538. The molecule has 5 atom stereocenters. The highest BCUT2D eigenvalue weighted by Gasteiger charge is 2.48. The molecule has 1 aromatic rings. The molecule has 2 bridgehead atoms. The first-order valence-electron chi connectivity index (χ1n) is 6.08. The molecule has 0 spiro atoms. The summed E-state index contributed by atoms with van der Waals surface area (Å²) in [5.74, 6) is 0. The van der Waals surface area contributed by atoms with Crippen molar-refractivity contribution in [1.29, 1.82) is 0 Å². The molecule has 0 radical (unpaired) electrons. The zero-order chi connectivity index (χ0) is 12.5. The molecule has 4 nitrogen and oxygen atoms in total. The number of halogens is 1. The molecule has 0 unspecified atom stereocenters. The predicted molar refractivity (Wildman–Crippen MR) is 70.3 cm³/mol. The molecule has 0 amide bonds. The predicted octanol–water partition coefficient (Wildman–Crippen LogP) is 1.42. The Hall–Kier alpha value is -0.460. The van der Waals surface area contributed by atoms with Gasteiger partial charge in [0.05, 0.1) is 24.1 Å². The summed E-state index contributed by atoms with van der Waals surface area (Å²) in [6.45, 7) is 1.10. The van der Waals surface area contributed by atoms with E-state index in [4.69, 9.17) is 19.9 Å². The molecular formula is C13H16BrNO3. The van der Waals surface area contributed by atoms with E-state index in [-0.39, 0.29) is 29.4 Å². The lowest BCUT2D eigenvalue weighted by Gasteiger charge is -2.36. The van der Waals surface area contributed by atoms with Gasteiger partial charge in [-0.2, -0.15) is 0 Å². The van der Waals surface area contributed by atoms with Crippen LogP contribution in [0, 0.1) is 0 Å². The van der Waals surface area contributed by atoms with Crippen molar-refractivity contribution in [2.45, 2.75) is 36.0 Å². The molecule has 3 rings (SSSR count). The van der Waals surface area contributed by atoms with E-state index in [1.807, 2.05) is 30.3 Å². The van der Waals surface area contributed by atoms with Crippen molar-refractivity contribution >= 4 is 15.9 Å². The van der Waals surface area contributed by atoms with E-state index in [0.717, 1.165) is 5.56 Å². The van der Waals surface area contributed by atoms with Gasteiger partial charge in [-0.15, -0.1) is 0 Å². The lowest BCUT2D eigenvalue weighted by molar-refractivity contribution is -0.141. The van der Waals surface area contributed by atoms with Gasteiger partial charge in [0.2, 0.25) is 0 Å². The second kappa shape index (κ2) is 5.27. The minimum absolute atomic E-state index is 0.0166. The van der Waals surface area contributed by atoms with Crippen molar-refractivity contribution in [2.75, 3.05) is 6.61 Å². The van der Waals surface area contributed by atoms with Crippen LogP contribution in [0.2, 0.25) is 0 Å². The lowest BCUT2D eigenvalue weighted by atomic mass is 10.0. The van der Waals surface area contributed by atoms with Crippen molar-refractivity contribution in [3.05, 3.63) is 35.9 Å². The van der Waals surface area contributed by atoms with Gasteiger partial charge >= 0.3 is 0 Å². The Bertz CT molecular complexity index is 402. The zero-order valence-corrected chi connectivity index (χ0v) is 11.5. The Kier molecular flexibility index (Phi) is 3.68. The van der Waals surface area contributed by atoms with E-state index in [1.165, 1.54) is 0 Å². The molecule has 5 heteroatoms. The van der Waals surface area contributed by atoms with Gasteiger partial charge in [0.15, 0.2) is 6.29 Å². The smallest absolute Gasteiger partial charge is 0.172 e. The maximum absolute atomic E-state index is 6.18. The van der Waals surface area contributed by atoms with Crippen LogP contribution < -0.4 is 5.73 Å². The third-order valence-electron chi connectivity index (χ3n) is 3.39. The summed E-state index contributed by atoms with van der Waals surface area (Å²) in [6, 6.07) is 9.95. The first-order chi connectivity index (χ1) is 8.75. The number of ether oxygens (including phenoxy) is 3. The normalized spacial score (nSPS) is 38.9. The van der Waals surface area contributed by atoms with Gasteiger partial charge in [-0.25, -0.2) is 0 Å². The highest BCUT2D eigenvalue weighted by Crippen LogP contribution is 2.33. The topological polar surface area (TPSA) is 53.7 Å². The SMILES string of the molecule is N[C@@H]1[C@@H](Br)[C@H]2OC[C@@H](O2)[C@H]1OCc1ccccc1. The average molecular weight is 314 g/mol. The largest absolute Gasteiger partial charge is 0.369 e. The molecule has 2 N–H and O–H groups in total. The Balaban J connectivity index is 1.65. The molecule has 2 fully saturated rings. The summed E-state index contributed by atoms with van der Waals surface area (Å²) in [4.78, 5) is -0.0166. The van der Waals surface area contributed by atoms with Gasteiger partial charge in [0.25, 0.3) is 0 Å². The van der Waals surface area contributed by atoms with E-state index >= 15 is 0 Å². The minimum atomic E-state index is -0.235. The molecule has 98 valence electrons. The summed E-state index contributed by atoms with van der Waals surface area (Å²) in [5.41, 5.74) is 7.31. The third-order valence-corrected chi connectivity index (χ3v) is 4.43. The van der Waals surface area contributed by atoms with Crippen LogP contribution in [-0.2, 0) is 20.8 Å². The van der Waals surface area contributed by atoms with Crippen molar-refractivity contribution in [1.82, 2.24) is 0 Å². The van der Waals surface area contributed by atoms with E-state index < -0.39 is 0 Å². The van der Waals surface area contributed by atoms with Gasteiger partial charge < -0.3 is 19.9 Å². The van der Waals surface area contributed by atoms with Crippen LogP contribution in [0.4, 0.5) is 0 Å². The van der Waals surface area contributed by atoms with Crippen LogP contribution in [0.15, 0.2) is 30.3 Å². The average Bonchev–Trinajstić information content (AvgIpc) is 2.84. The van der Waals surface area contributed by atoms with Crippen LogP contribution in [0.3, 0.4) is 0 Å². The Labute approximate surface area is 115 Å². The number of benzene rings is 1. The van der Waals surface area contributed by atoms with Gasteiger partial charge in [0.1, 0.15) is 12.2 Å². The molecule has 0 aliphatic carbocycles. The number of alkyl halides is 1. The van der Waals surface area contributed by atoms with Gasteiger partial charge in [-0.3, -0.25) is 0 Å². The number of fused-ring (bicyclic) bond motifs is 2. The summed E-state index contributed by atoms with van der Waals surface area (Å²) in [7, 11) is 0. The summed E-state index contributed by atoms with van der Waals surface area (Å²) >= 11 is 3.52. The first kappa shape index (κ1) is 12.6. The molecule has 1 aromatic carbocycles. The monoisotopic (exact) mass is 313 g/mol. The minimum Gasteiger partial charge on any atom is -0.369 e. The molecule has 2 heterocycles. The van der Waals surface area contributed by atoms with Crippen molar-refractivity contribution < 1.29 is 14.2 Å². The Morgan fingerprint density at radius 1 is 1.33 bits per heavy atom. The van der Waals surface area contributed by atoms with Gasteiger partial charge in [0, 0.05) is 0 Å². The second-order valence-corrected chi connectivity index (χ2v) is 5.72. The lowest BCUT2D eigenvalue weighted by Crippen LogP contribution is -2.56. The third kappa shape index (κ3) is 2.33. The zero-order valence-electron chi connectivity index (χ0n) is 9.87. The maximum Gasteiger partial charge on any atom is 0.172 e. The van der Waals surface area contributed by atoms with Gasteiger partial charge in [-0.05, 0) is 5.56 Å². The Morgan fingerprint density at radius 2 is 2.11 bits per heavy atom. The van der Waals surface area contributed by atoms with Crippen molar-refractivity contribution in [2.24, 2.45) is 5.73 Å². The summed E-state index contributed by atoms with van der Waals surface area (Å²) in [5, 5.41) is 0. The van der Waals surface area contributed by atoms with E-state index in [1.54, 1.807) is 0 Å². The fourth-order valence-corrected chi connectivity index (χ4v) is 2.95. The number of rotatable bonds is 3. The molecule has 18 heavy (non-hydrogen) atoms. The fourth-order valence-electron chi connectivity index (χ4n) is 2.38. The standard InChI is InChI=1S/C13H16BrNO3/c14-10-11(15)12(9-7-17-13(10)18-9)16-6-8-4-2-1-3-5-8/h1-5,9-13H,6-7,15H2/t9-,10-,11-,12-,13+/m1/s1. The van der Waals surface area contributed by atoms with E-state index in [2.05, 4.69) is 15.9 Å². The van der Waals surface area contributed by atoms with Crippen molar-refractivity contribution in [3.8, 4) is 0 Å². The summed E-state index contributed by atoms with van der Waals surface area (Å²) < 4.78 is 17.1. The molecule has 2 aliphatic rings. The van der Waals surface area contributed by atoms with Crippen LogP contribution in [-0.4, -0.2) is 36.0 Å². The number of nitrogens with two attached hydrogens (primary N) is 1. The Morgan fingerprint density at radius 3 is 2.89 bits per heavy atom. The van der Waals surface area contributed by atoms with E-state index in [0.29, 0.717) is 13.2 Å². The van der Waals surface area contributed by atoms with Crippen LogP contribution in [0.1, 0.15) is 5.56 Å². The highest BCUT2D eigenvalue weighted by molar-refractivity contribution is 9.09. The van der Waals surface area contributed by atoms with Crippen LogP contribution in [0.25, 0.3) is 0 Å². The van der Waals surface area contributed by atoms with Crippen LogP contribution >= 0.6 is 15.9 Å². The molecule has 0 saturated carbocycles.